The Morgan fingerprint density at radius 3 is 2.77 bits per heavy atom. The van der Waals surface area contributed by atoms with Crippen molar-refractivity contribution in [1.29, 1.82) is 0 Å². The Kier molecular flexibility index (Phi) is 4.13. The standard InChI is InChI=1S/C17H19NO4/c1-11(2)8-16-18-13(17(19)22-16)9-12-4-5-14-15(10-12)21-7-3-6-20-14/h4-5,9-11H,3,6-8H2,1-2H3/b13-9+. The number of ether oxygens (including phenoxy) is 3. The highest BCUT2D eigenvalue weighted by atomic mass is 16.6. The Morgan fingerprint density at radius 1 is 1.23 bits per heavy atom. The molecule has 0 fully saturated rings. The second-order valence-corrected chi connectivity index (χ2v) is 5.78. The van der Waals surface area contributed by atoms with Gasteiger partial charge in [-0.15, -0.1) is 0 Å². The lowest BCUT2D eigenvalue weighted by Crippen LogP contribution is -2.06. The minimum atomic E-state index is -0.400. The van der Waals surface area contributed by atoms with Gasteiger partial charge in [-0.25, -0.2) is 9.79 Å². The molecule has 116 valence electrons. The van der Waals surface area contributed by atoms with Crippen molar-refractivity contribution in [2.24, 2.45) is 10.9 Å². The third-order valence-electron chi connectivity index (χ3n) is 3.32. The molecular weight excluding hydrogens is 282 g/mol. The maximum absolute atomic E-state index is 11.9. The summed E-state index contributed by atoms with van der Waals surface area (Å²) in [5.41, 5.74) is 1.16. The van der Waals surface area contributed by atoms with E-state index in [2.05, 4.69) is 18.8 Å². The van der Waals surface area contributed by atoms with Crippen LogP contribution in [0, 0.1) is 5.92 Å². The van der Waals surface area contributed by atoms with Crippen LogP contribution in [0.2, 0.25) is 0 Å². The third kappa shape index (κ3) is 3.30. The van der Waals surface area contributed by atoms with E-state index in [0.717, 1.165) is 17.7 Å². The maximum Gasteiger partial charge on any atom is 0.363 e. The molecule has 0 atom stereocenters. The summed E-state index contributed by atoms with van der Waals surface area (Å²) in [6.07, 6.45) is 3.23. The van der Waals surface area contributed by atoms with Crippen LogP contribution in [-0.2, 0) is 9.53 Å². The quantitative estimate of drug-likeness (QED) is 0.635. The topological polar surface area (TPSA) is 57.1 Å². The van der Waals surface area contributed by atoms with Gasteiger partial charge in [-0.1, -0.05) is 19.9 Å². The Morgan fingerprint density at radius 2 is 2.00 bits per heavy atom. The zero-order valence-corrected chi connectivity index (χ0v) is 12.8. The fourth-order valence-corrected chi connectivity index (χ4v) is 2.32. The normalized spacial score (nSPS) is 19.1. The van der Waals surface area contributed by atoms with Crippen molar-refractivity contribution in [3.63, 3.8) is 0 Å². The zero-order chi connectivity index (χ0) is 15.5. The molecule has 0 aromatic heterocycles. The number of carbonyl (C=O) groups is 1. The van der Waals surface area contributed by atoms with Gasteiger partial charge in [0.05, 0.1) is 13.2 Å². The molecule has 0 aliphatic carbocycles. The fourth-order valence-electron chi connectivity index (χ4n) is 2.32. The summed E-state index contributed by atoms with van der Waals surface area (Å²) in [5, 5.41) is 0. The van der Waals surface area contributed by atoms with Gasteiger partial charge >= 0.3 is 5.97 Å². The molecule has 0 saturated heterocycles. The number of esters is 1. The molecule has 22 heavy (non-hydrogen) atoms. The van der Waals surface area contributed by atoms with Crippen molar-refractivity contribution in [2.75, 3.05) is 13.2 Å². The van der Waals surface area contributed by atoms with E-state index in [1.807, 2.05) is 18.2 Å². The molecule has 2 aliphatic heterocycles. The number of nitrogens with zero attached hydrogens (tertiary/aromatic N) is 1. The van der Waals surface area contributed by atoms with Gasteiger partial charge in [-0.3, -0.25) is 0 Å². The van der Waals surface area contributed by atoms with Crippen LogP contribution in [0.25, 0.3) is 6.08 Å². The van der Waals surface area contributed by atoms with Crippen LogP contribution in [0.15, 0.2) is 28.9 Å². The highest BCUT2D eigenvalue weighted by molar-refractivity contribution is 6.07. The summed E-state index contributed by atoms with van der Waals surface area (Å²) in [6.45, 7) is 5.40. The van der Waals surface area contributed by atoms with Crippen molar-refractivity contribution < 1.29 is 19.0 Å². The molecule has 0 saturated carbocycles. The summed E-state index contributed by atoms with van der Waals surface area (Å²) in [7, 11) is 0. The molecule has 3 rings (SSSR count). The molecule has 2 heterocycles. The van der Waals surface area contributed by atoms with E-state index in [4.69, 9.17) is 14.2 Å². The predicted octanol–water partition coefficient (Wildman–Crippen LogP) is 3.19. The molecule has 0 N–H and O–H groups in total. The van der Waals surface area contributed by atoms with E-state index in [0.29, 0.717) is 42.9 Å². The second kappa shape index (κ2) is 6.22. The number of hydrogen-bond acceptors (Lipinski definition) is 5. The molecule has 0 bridgehead atoms. The molecule has 0 amide bonds. The number of fused-ring (bicyclic) bond motifs is 1. The first kappa shape index (κ1) is 14.6. The summed E-state index contributed by atoms with van der Waals surface area (Å²) < 4.78 is 16.4. The summed E-state index contributed by atoms with van der Waals surface area (Å²) >= 11 is 0. The lowest BCUT2D eigenvalue weighted by atomic mass is 10.1. The molecule has 5 heteroatoms. The van der Waals surface area contributed by atoms with Gasteiger partial charge in [0.25, 0.3) is 0 Å². The van der Waals surface area contributed by atoms with Gasteiger partial charge in [-0.05, 0) is 29.7 Å². The van der Waals surface area contributed by atoms with Gasteiger partial charge in [0.15, 0.2) is 23.1 Å². The molecule has 2 aliphatic rings. The highest BCUT2D eigenvalue weighted by Gasteiger charge is 2.23. The minimum absolute atomic E-state index is 0.324. The maximum atomic E-state index is 11.9. The Balaban J connectivity index is 1.84. The largest absolute Gasteiger partial charge is 0.490 e. The zero-order valence-electron chi connectivity index (χ0n) is 12.8. The first-order valence-electron chi connectivity index (χ1n) is 7.53. The number of benzene rings is 1. The number of hydrogen-bond donors (Lipinski definition) is 0. The number of aliphatic imine (C=N–C) groups is 1. The van der Waals surface area contributed by atoms with Crippen molar-refractivity contribution in [2.45, 2.75) is 26.7 Å². The molecule has 0 unspecified atom stereocenters. The van der Waals surface area contributed by atoms with E-state index in [1.165, 1.54) is 0 Å². The molecule has 5 nitrogen and oxygen atoms in total. The van der Waals surface area contributed by atoms with Gasteiger partial charge in [-0.2, -0.15) is 0 Å². The van der Waals surface area contributed by atoms with E-state index < -0.39 is 5.97 Å². The highest BCUT2D eigenvalue weighted by Crippen LogP contribution is 2.31. The smallest absolute Gasteiger partial charge is 0.363 e. The summed E-state index contributed by atoms with van der Waals surface area (Å²) in [5.74, 6) is 1.91. The van der Waals surface area contributed by atoms with Gasteiger partial charge in [0.2, 0.25) is 0 Å². The first-order valence-corrected chi connectivity index (χ1v) is 7.53. The average Bonchev–Trinajstić information content (AvgIpc) is 2.68. The van der Waals surface area contributed by atoms with Gasteiger partial charge < -0.3 is 14.2 Å². The van der Waals surface area contributed by atoms with Crippen molar-refractivity contribution in [1.82, 2.24) is 0 Å². The predicted molar refractivity (Wildman–Crippen MR) is 83.0 cm³/mol. The number of carbonyl (C=O) groups excluding carboxylic acids is 1. The number of rotatable bonds is 3. The minimum Gasteiger partial charge on any atom is -0.490 e. The molecular formula is C17H19NO4. The fraction of sp³-hybridized carbons (Fsp3) is 0.412. The van der Waals surface area contributed by atoms with Crippen LogP contribution in [0.3, 0.4) is 0 Å². The first-order chi connectivity index (χ1) is 10.6. The Bertz CT molecular complexity index is 646. The van der Waals surface area contributed by atoms with E-state index in [1.54, 1.807) is 6.08 Å². The van der Waals surface area contributed by atoms with Crippen LogP contribution in [0.4, 0.5) is 0 Å². The van der Waals surface area contributed by atoms with Gasteiger partial charge in [0, 0.05) is 12.8 Å². The lowest BCUT2D eigenvalue weighted by Gasteiger charge is -2.07. The van der Waals surface area contributed by atoms with Crippen molar-refractivity contribution in [3.05, 3.63) is 29.5 Å². The second-order valence-electron chi connectivity index (χ2n) is 5.78. The van der Waals surface area contributed by atoms with Crippen LogP contribution < -0.4 is 9.47 Å². The average molecular weight is 301 g/mol. The van der Waals surface area contributed by atoms with E-state index in [-0.39, 0.29) is 0 Å². The lowest BCUT2D eigenvalue weighted by molar-refractivity contribution is -0.130. The van der Waals surface area contributed by atoms with Crippen LogP contribution >= 0.6 is 0 Å². The van der Waals surface area contributed by atoms with Crippen molar-refractivity contribution >= 4 is 17.9 Å². The van der Waals surface area contributed by atoms with E-state index >= 15 is 0 Å². The number of cyclic esters (lactones) is 1. The van der Waals surface area contributed by atoms with Crippen LogP contribution in [-0.4, -0.2) is 25.1 Å². The molecule has 1 aromatic carbocycles. The van der Waals surface area contributed by atoms with E-state index in [9.17, 15) is 4.79 Å². The Labute approximate surface area is 129 Å². The van der Waals surface area contributed by atoms with Gasteiger partial charge in [0.1, 0.15) is 0 Å². The Hall–Kier alpha value is -2.30. The van der Waals surface area contributed by atoms with Crippen LogP contribution in [0.1, 0.15) is 32.3 Å². The third-order valence-corrected chi connectivity index (χ3v) is 3.32. The SMILES string of the molecule is CC(C)CC1=N/C(=C/c2ccc3c(c2)OCCCO3)C(=O)O1. The summed E-state index contributed by atoms with van der Waals surface area (Å²) in [6, 6.07) is 5.59. The van der Waals surface area contributed by atoms with Crippen molar-refractivity contribution in [3.8, 4) is 11.5 Å². The molecule has 1 aromatic rings. The molecule has 0 spiro atoms. The monoisotopic (exact) mass is 301 g/mol. The molecule has 0 radical (unpaired) electrons. The van der Waals surface area contributed by atoms with Crippen LogP contribution in [0.5, 0.6) is 11.5 Å². The summed E-state index contributed by atoms with van der Waals surface area (Å²) in [4.78, 5) is 16.1.